The molecule has 0 spiro atoms. The molecule has 25 heavy (non-hydrogen) atoms. The lowest BCUT2D eigenvalue weighted by atomic mass is 9.82. The third kappa shape index (κ3) is 4.45. The van der Waals surface area contributed by atoms with Crippen LogP contribution in [0.4, 0.5) is 0 Å². The second-order valence-electron chi connectivity index (χ2n) is 5.71. The largest absolute Gasteiger partial charge is 0.459 e. The molecule has 136 valence electrons. The highest BCUT2D eigenvalue weighted by Crippen LogP contribution is 2.30. The zero-order valence-corrected chi connectivity index (χ0v) is 14.1. The van der Waals surface area contributed by atoms with E-state index in [1.54, 1.807) is 37.3 Å². The van der Waals surface area contributed by atoms with Crippen molar-refractivity contribution in [1.82, 2.24) is 0 Å². The van der Waals surface area contributed by atoms with Crippen molar-refractivity contribution in [3.63, 3.8) is 0 Å². The van der Waals surface area contributed by atoms with Crippen LogP contribution in [0.15, 0.2) is 42.5 Å². The zero-order chi connectivity index (χ0) is 18.4. The molecule has 1 aromatic rings. The Labute approximate surface area is 145 Å². The van der Waals surface area contributed by atoms with Gasteiger partial charge < -0.3 is 24.4 Å². The van der Waals surface area contributed by atoms with Gasteiger partial charge in [-0.1, -0.05) is 30.4 Å². The molecule has 2 N–H and O–H groups in total. The average Bonchev–Trinajstić information content (AvgIpc) is 2.60. The van der Waals surface area contributed by atoms with Crippen molar-refractivity contribution < 1.29 is 34.0 Å². The highest BCUT2D eigenvalue weighted by molar-refractivity contribution is 5.89. The summed E-state index contributed by atoms with van der Waals surface area (Å²) in [6, 6.07) is 8.28. The van der Waals surface area contributed by atoms with Crippen molar-refractivity contribution in [2.75, 3.05) is 13.2 Å². The molecule has 0 amide bonds. The van der Waals surface area contributed by atoms with Gasteiger partial charge in [0.25, 0.3) is 0 Å². The molecule has 7 nitrogen and oxygen atoms in total. The first-order valence-electron chi connectivity index (χ1n) is 7.98. The maximum absolute atomic E-state index is 12.1. The molecule has 0 aliphatic heterocycles. The Morgan fingerprint density at radius 3 is 2.48 bits per heavy atom. The number of ether oxygens (including phenoxy) is 3. The van der Waals surface area contributed by atoms with E-state index < -0.39 is 42.5 Å². The summed E-state index contributed by atoms with van der Waals surface area (Å²) < 4.78 is 15.7. The number of hydrogen-bond donors (Lipinski definition) is 2. The van der Waals surface area contributed by atoms with E-state index >= 15 is 0 Å². The number of carbonyl (C=O) groups excluding carboxylic acids is 2. The Morgan fingerprint density at radius 2 is 1.88 bits per heavy atom. The van der Waals surface area contributed by atoms with Crippen molar-refractivity contribution >= 4 is 11.9 Å². The molecule has 0 saturated heterocycles. The molecule has 0 aromatic heterocycles. The lowest BCUT2D eigenvalue weighted by Gasteiger charge is -2.43. The normalized spacial score (nSPS) is 28.4. The molecule has 4 atom stereocenters. The second kappa shape index (κ2) is 8.24. The number of aliphatic hydroxyl groups is 2. The molecule has 2 rings (SSSR count). The fourth-order valence-corrected chi connectivity index (χ4v) is 2.67. The van der Waals surface area contributed by atoms with Crippen LogP contribution in [0.25, 0.3) is 0 Å². The van der Waals surface area contributed by atoms with Gasteiger partial charge in [-0.3, -0.25) is 4.79 Å². The van der Waals surface area contributed by atoms with E-state index in [1.165, 1.54) is 12.2 Å². The summed E-state index contributed by atoms with van der Waals surface area (Å²) in [6.45, 7) is 2.66. The van der Waals surface area contributed by atoms with E-state index in [0.29, 0.717) is 5.56 Å². The molecule has 0 fully saturated rings. The van der Waals surface area contributed by atoms with Crippen LogP contribution in [0.1, 0.15) is 24.2 Å². The van der Waals surface area contributed by atoms with Gasteiger partial charge in [0.2, 0.25) is 0 Å². The number of rotatable bonds is 6. The third-order valence-electron chi connectivity index (χ3n) is 3.86. The molecule has 0 bridgehead atoms. The summed E-state index contributed by atoms with van der Waals surface area (Å²) in [4.78, 5) is 23.5. The highest BCUT2D eigenvalue weighted by Gasteiger charge is 2.52. The summed E-state index contributed by atoms with van der Waals surface area (Å²) in [5.41, 5.74) is -1.60. The zero-order valence-electron chi connectivity index (χ0n) is 14.1. The van der Waals surface area contributed by atoms with Gasteiger partial charge in [-0.15, -0.1) is 0 Å². The van der Waals surface area contributed by atoms with Crippen LogP contribution in [0.5, 0.6) is 0 Å². The Morgan fingerprint density at radius 1 is 1.20 bits per heavy atom. The van der Waals surface area contributed by atoms with Crippen LogP contribution in [0.2, 0.25) is 0 Å². The van der Waals surface area contributed by atoms with Gasteiger partial charge in [-0.25, -0.2) is 4.79 Å². The van der Waals surface area contributed by atoms with E-state index in [1.807, 2.05) is 0 Å². The second-order valence-corrected chi connectivity index (χ2v) is 5.71. The predicted octanol–water partition coefficient (Wildman–Crippen LogP) is 0.842. The first kappa shape index (κ1) is 19.1. The van der Waals surface area contributed by atoms with Crippen LogP contribution >= 0.6 is 0 Å². The summed E-state index contributed by atoms with van der Waals surface area (Å²) in [7, 11) is 0. The summed E-state index contributed by atoms with van der Waals surface area (Å²) in [6.07, 6.45) is -0.642. The van der Waals surface area contributed by atoms with Crippen molar-refractivity contribution in [3.8, 4) is 0 Å². The molecule has 1 aliphatic rings. The number of carbonyl (C=O) groups is 2. The van der Waals surface area contributed by atoms with Crippen molar-refractivity contribution in [1.29, 1.82) is 0 Å². The minimum Gasteiger partial charge on any atom is -0.459 e. The minimum absolute atomic E-state index is 0.271. The Kier molecular flexibility index (Phi) is 6.30. The van der Waals surface area contributed by atoms with Crippen LogP contribution in [0.3, 0.4) is 0 Å². The van der Waals surface area contributed by atoms with Crippen molar-refractivity contribution in [2.24, 2.45) is 0 Å². The topological polar surface area (TPSA) is 102 Å². The smallest absolute Gasteiger partial charge is 0.338 e. The molecule has 7 heteroatoms. The predicted molar refractivity (Wildman–Crippen MR) is 87.8 cm³/mol. The molecular weight excluding hydrogens is 328 g/mol. The average molecular weight is 350 g/mol. The maximum Gasteiger partial charge on any atom is 0.338 e. The first-order valence-corrected chi connectivity index (χ1v) is 7.98. The van der Waals surface area contributed by atoms with Crippen LogP contribution in [0, 0.1) is 0 Å². The van der Waals surface area contributed by atoms with E-state index in [0.717, 1.165) is 6.92 Å². The molecule has 1 aliphatic carbocycles. The SMILES string of the molecule is CCO[C@H]1C=C[C@@H](O)[C@@H](OC(C)=O)[C@@]1(O)COC(=O)c1ccccc1. The molecular formula is C18H22O7. The van der Waals surface area contributed by atoms with E-state index in [2.05, 4.69) is 0 Å². The first-order chi connectivity index (χ1) is 11.9. The fourth-order valence-electron chi connectivity index (χ4n) is 2.67. The Balaban J connectivity index is 2.21. The fraction of sp³-hybridized carbons (Fsp3) is 0.444. The van der Waals surface area contributed by atoms with Gasteiger partial charge in [-0.2, -0.15) is 0 Å². The van der Waals surface area contributed by atoms with Gasteiger partial charge in [0, 0.05) is 13.5 Å². The van der Waals surface area contributed by atoms with Gasteiger partial charge in [0.1, 0.15) is 18.8 Å². The lowest BCUT2D eigenvalue weighted by Crippen LogP contribution is -2.63. The number of hydrogen-bond acceptors (Lipinski definition) is 7. The van der Waals surface area contributed by atoms with Gasteiger partial charge >= 0.3 is 11.9 Å². The number of esters is 2. The van der Waals surface area contributed by atoms with Gasteiger partial charge in [0.05, 0.1) is 5.56 Å². The molecule has 0 unspecified atom stereocenters. The molecule has 0 radical (unpaired) electrons. The van der Waals surface area contributed by atoms with E-state index in [4.69, 9.17) is 14.2 Å². The summed E-state index contributed by atoms with van der Waals surface area (Å²) in [5, 5.41) is 21.1. The molecule has 0 heterocycles. The standard InChI is InChI=1S/C18H22O7/c1-3-23-15-10-9-14(20)16(25-12(2)19)18(15,22)11-24-17(21)13-7-5-4-6-8-13/h4-10,14-16,20,22H,3,11H2,1-2H3/t14-,15+,16-,18-/m1/s1. The summed E-state index contributed by atoms with van der Waals surface area (Å²) in [5.74, 6) is -1.32. The molecule has 1 aromatic carbocycles. The number of aliphatic hydroxyl groups excluding tert-OH is 1. The van der Waals surface area contributed by atoms with E-state index in [-0.39, 0.29) is 6.61 Å². The molecule has 0 saturated carbocycles. The lowest BCUT2D eigenvalue weighted by molar-refractivity contribution is -0.211. The van der Waals surface area contributed by atoms with Crippen LogP contribution < -0.4 is 0 Å². The quantitative estimate of drug-likeness (QED) is 0.579. The van der Waals surface area contributed by atoms with Crippen molar-refractivity contribution in [2.45, 2.75) is 37.8 Å². The highest BCUT2D eigenvalue weighted by atomic mass is 16.6. The minimum atomic E-state index is -1.92. The number of benzene rings is 1. The third-order valence-corrected chi connectivity index (χ3v) is 3.86. The Bertz CT molecular complexity index is 628. The van der Waals surface area contributed by atoms with E-state index in [9.17, 15) is 19.8 Å². The maximum atomic E-state index is 12.1. The summed E-state index contributed by atoms with van der Waals surface area (Å²) >= 11 is 0. The van der Waals surface area contributed by atoms with Crippen LogP contribution in [-0.2, 0) is 19.0 Å². The van der Waals surface area contributed by atoms with Gasteiger partial charge in [-0.05, 0) is 19.1 Å². The van der Waals surface area contributed by atoms with Crippen LogP contribution in [-0.4, -0.2) is 59.3 Å². The van der Waals surface area contributed by atoms with Crippen molar-refractivity contribution in [3.05, 3.63) is 48.0 Å². The Hall–Kier alpha value is -2.22. The monoisotopic (exact) mass is 350 g/mol. The van der Waals surface area contributed by atoms with Gasteiger partial charge in [0.15, 0.2) is 11.7 Å².